The molecular weight excluding hydrogens is 240 g/mol. The van der Waals surface area contributed by atoms with E-state index >= 15 is 0 Å². The second-order valence-corrected chi connectivity index (χ2v) is 5.24. The molecule has 1 aromatic heterocycles. The Morgan fingerprint density at radius 3 is 2.21 bits per heavy atom. The van der Waals surface area contributed by atoms with Gasteiger partial charge in [-0.25, -0.2) is 4.79 Å². The fourth-order valence-electron chi connectivity index (χ4n) is 2.42. The van der Waals surface area contributed by atoms with Crippen LogP contribution in [0, 0.1) is 0 Å². The Kier molecular flexibility index (Phi) is 3.46. The molecule has 0 fully saturated rings. The van der Waals surface area contributed by atoms with E-state index in [1.165, 1.54) is 0 Å². The Morgan fingerprint density at radius 1 is 1.11 bits per heavy atom. The van der Waals surface area contributed by atoms with Crippen LogP contribution in [0.25, 0.3) is 11.0 Å². The van der Waals surface area contributed by atoms with Gasteiger partial charge < -0.3 is 5.84 Å². The summed E-state index contributed by atoms with van der Waals surface area (Å²) in [7, 11) is 0. The van der Waals surface area contributed by atoms with Crippen molar-refractivity contribution in [1.29, 1.82) is 0 Å². The average Bonchev–Trinajstić information content (AvgIpc) is 2.60. The van der Waals surface area contributed by atoms with Crippen LogP contribution in [-0.2, 0) is 0 Å². The molecule has 0 aliphatic heterocycles. The Hall–Kier alpha value is -2.04. The Balaban J connectivity index is 2.86. The van der Waals surface area contributed by atoms with E-state index in [4.69, 9.17) is 5.84 Å². The van der Waals surface area contributed by atoms with Gasteiger partial charge in [-0.05, 0) is 45.4 Å². The molecule has 1 aromatic carbocycles. The van der Waals surface area contributed by atoms with Gasteiger partial charge in [-0.2, -0.15) is 5.10 Å². The molecule has 1 heterocycles. The van der Waals surface area contributed by atoms with Crippen LogP contribution < -0.4 is 11.5 Å². The Bertz CT molecular complexity index is 677. The predicted octanol–water partition coefficient (Wildman–Crippen LogP) is 2.26. The van der Waals surface area contributed by atoms with Gasteiger partial charge in [-0.3, -0.25) is 9.13 Å². The molecule has 0 unspecified atom stereocenters. The van der Waals surface area contributed by atoms with Gasteiger partial charge in [0.1, 0.15) is 0 Å². The fourth-order valence-corrected chi connectivity index (χ4v) is 2.42. The van der Waals surface area contributed by atoms with Gasteiger partial charge in [0, 0.05) is 12.1 Å². The quantitative estimate of drug-likeness (QED) is 0.522. The van der Waals surface area contributed by atoms with Crippen molar-refractivity contribution in [3.05, 3.63) is 34.2 Å². The molecule has 5 nitrogen and oxygen atoms in total. The highest BCUT2D eigenvalue weighted by molar-refractivity contribution is 5.87. The van der Waals surface area contributed by atoms with Gasteiger partial charge in [0.15, 0.2) is 0 Å². The number of fused-ring (bicyclic) bond motifs is 1. The third-order valence-corrected chi connectivity index (χ3v) is 3.19. The molecule has 5 heteroatoms. The topological polar surface area (TPSA) is 65.3 Å². The molecule has 0 spiro atoms. The lowest BCUT2D eigenvalue weighted by Crippen LogP contribution is -2.26. The van der Waals surface area contributed by atoms with E-state index in [1.807, 2.05) is 55.0 Å². The highest BCUT2D eigenvalue weighted by Gasteiger charge is 2.17. The van der Waals surface area contributed by atoms with Gasteiger partial charge in [0.2, 0.25) is 0 Å². The van der Waals surface area contributed by atoms with Crippen LogP contribution >= 0.6 is 0 Å². The molecule has 2 rings (SSSR count). The zero-order valence-electron chi connectivity index (χ0n) is 11.8. The smallest absolute Gasteiger partial charge is 0.323 e. The fraction of sp³-hybridized carbons (Fsp3) is 0.429. The first-order valence-electron chi connectivity index (χ1n) is 6.47. The second-order valence-electron chi connectivity index (χ2n) is 5.24. The van der Waals surface area contributed by atoms with Crippen molar-refractivity contribution >= 4 is 17.2 Å². The second kappa shape index (κ2) is 4.91. The summed E-state index contributed by atoms with van der Waals surface area (Å²) in [6.07, 6.45) is 1.58. The maximum Gasteiger partial charge on any atom is 0.329 e. The number of hydrogen-bond acceptors (Lipinski definition) is 3. The van der Waals surface area contributed by atoms with Crippen LogP contribution in [0.1, 0.15) is 45.3 Å². The van der Waals surface area contributed by atoms with Crippen molar-refractivity contribution in [3.8, 4) is 0 Å². The summed E-state index contributed by atoms with van der Waals surface area (Å²) in [6.45, 7) is 8.05. The minimum Gasteiger partial charge on any atom is -0.323 e. The molecule has 102 valence electrons. The number of aromatic nitrogens is 2. The van der Waals surface area contributed by atoms with Crippen molar-refractivity contribution in [2.45, 2.75) is 39.8 Å². The Morgan fingerprint density at radius 2 is 1.68 bits per heavy atom. The largest absolute Gasteiger partial charge is 0.329 e. The number of benzene rings is 1. The number of nitrogens with two attached hydrogens (primary N) is 1. The van der Waals surface area contributed by atoms with Crippen LogP contribution in [0.4, 0.5) is 0 Å². The van der Waals surface area contributed by atoms with E-state index in [0.717, 1.165) is 16.6 Å². The van der Waals surface area contributed by atoms with Gasteiger partial charge in [0.25, 0.3) is 0 Å². The molecule has 2 aromatic rings. The first-order chi connectivity index (χ1) is 8.97. The van der Waals surface area contributed by atoms with Crippen LogP contribution in [-0.4, -0.2) is 15.3 Å². The molecule has 19 heavy (non-hydrogen) atoms. The van der Waals surface area contributed by atoms with E-state index in [-0.39, 0.29) is 17.8 Å². The summed E-state index contributed by atoms with van der Waals surface area (Å²) < 4.78 is 3.63. The first-order valence-corrected chi connectivity index (χ1v) is 6.47. The summed E-state index contributed by atoms with van der Waals surface area (Å²) in [6, 6.07) is 6.06. The van der Waals surface area contributed by atoms with Crippen LogP contribution in [0.5, 0.6) is 0 Å². The molecule has 0 aliphatic carbocycles. The van der Waals surface area contributed by atoms with E-state index in [1.54, 1.807) is 6.21 Å². The lowest BCUT2D eigenvalue weighted by Gasteiger charge is -2.07. The molecule has 0 saturated carbocycles. The van der Waals surface area contributed by atoms with E-state index in [2.05, 4.69) is 5.10 Å². The maximum absolute atomic E-state index is 12.5. The summed E-state index contributed by atoms with van der Waals surface area (Å²) in [4.78, 5) is 12.5. The molecule has 2 N–H and O–H groups in total. The molecule has 0 saturated heterocycles. The number of nitrogens with zero attached hydrogens (tertiary/aromatic N) is 3. The number of hydrazone groups is 1. The molecule has 0 radical (unpaired) electrons. The maximum atomic E-state index is 12.5. The van der Waals surface area contributed by atoms with Crippen LogP contribution in [0.3, 0.4) is 0 Å². The summed E-state index contributed by atoms with van der Waals surface area (Å²) >= 11 is 0. The third kappa shape index (κ3) is 2.16. The number of imidazole rings is 1. The highest BCUT2D eigenvalue weighted by Crippen LogP contribution is 2.21. The lowest BCUT2D eigenvalue weighted by molar-refractivity contribution is 0.533. The summed E-state index contributed by atoms with van der Waals surface area (Å²) in [5.41, 5.74) is 2.79. The minimum absolute atomic E-state index is 0.0295. The zero-order valence-corrected chi connectivity index (χ0v) is 11.8. The predicted molar refractivity (Wildman–Crippen MR) is 78.7 cm³/mol. The average molecular weight is 260 g/mol. The highest BCUT2D eigenvalue weighted by atomic mass is 16.1. The molecule has 0 amide bonds. The Labute approximate surface area is 112 Å². The van der Waals surface area contributed by atoms with Crippen LogP contribution in [0.2, 0.25) is 0 Å². The lowest BCUT2D eigenvalue weighted by atomic mass is 10.2. The minimum atomic E-state index is 0.0295. The van der Waals surface area contributed by atoms with Gasteiger partial charge >= 0.3 is 5.69 Å². The first kappa shape index (κ1) is 13.4. The number of hydrogen-bond donors (Lipinski definition) is 1. The molecule has 0 bridgehead atoms. The monoisotopic (exact) mass is 260 g/mol. The van der Waals surface area contributed by atoms with Crippen molar-refractivity contribution in [1.82, 2.24) is 9.13 Å². The van der Waals surface area contributed by atoms with Gasteiger partial charge in [-0.15, -0.1) is 0 Å². The summed E-state index contributed by atoms with van der Waals surface area (Å²) in [5.74, 6) is 5.18. The van der Waals surface area contributed by atoms with Crippen molar-refractivity contribution < 1.29 is 0 Å². The van der Waals surface area contributed by atoms with E-state index in [9.17, 15) is 4.79 Å². The molecule has 0 atom stereocenters. The summed E-state index contributed by atoms with van der Waals surface area (Å²) in [5, 5.41) is 3.53. The van der Waals surface area contributed by atoms with Crippen molar-refractivity contribution in [3.63, 3.8) is 0 Å². The molecule has 0 aliphatic rings. The van der Waals surface area contributed by atoms with E-state index < -0.39 is 0 Å². The van der Waals surface area contributed by atoms with Gasteiger partial charge in [-0.1, -0.05) is 6.07 Å². The van der Waals surface area contributed by atoms with Crippen LogP contribution in [0.15, 0.2) is 28.1 Å². The number of rotatable bonds is 3. The standard InChI is InChI=1S/C14H20N4O/c1-9(2)17-12-6-5-11(8-16-15)7-13(12)18(10(3)4)14(17)19/h5-10H,15H2,1-4H3. The SMILES string of the molecule is CC(C)n1c(=O)n(C(C)C)c2cc(C=NN)ccc21. The third-order valence-electron chi connectivity index (χ3n) is 3.19. The van der Waals surface area contributed by atoms with E-state index in [0.29, 0.717) is 0 Å². The van der Waals surface area contributed by atoms with Crippen molar-refractivity contribution in [2.24, 2.45) is 10.9 Å². The normalized spacial score (nSPS) is 12.3. The van der Waals surface area contributed by atoms with Gasteiger partial charge in [0.05, 0.1) is 17.2 Å². The zero-order chi connectivity index (χ0) is 14.2. The van der Waals surface area contributed by atoms with Crippen molar-refractivity contribution in [2.75, 3.05) is 0 Å². The molecular formula is C14H20N4O.